The summed E-state index contributed by atoms with van der Waals surface area (Å²) in [7, 11) is -4.90. The number of rotatable bonds is 4. The number of carbonyl (C=O) groups is 1. The highest BCUT2D eigenvalue weighted by Gasteiger charge is 2.38. The molecule has 1 fully saturated rings. The monoisotopic (exact) mass is 480 g/mol. The maximum absolute atomic E-state index is 13.1. The first kappa shape index (κ1) is 23.9. The van der Waals surface area contributed by atoms with E-state index in [1.807, 2.05) is 4.72 Å². The number of nitrogens with one attached hydrogen (secondary N) is 1. The van der Waals surface area contributed by atoms with Crippen molar-refractivity contribution >= 4 is 21.6 Å². The topological polar surface area (TPSA) is 66.5 Å². The molecule has 0 spiro atoms. The van der Waals surface area contributed by atoms with Crippen LogP contribution in [0.5, 0.6) is 0 Å². The number of alkyl halides is 6. The normalized spacial score (nSPS) is 15.2. The Bertz CT molecular complexity index is 1100. The number of anilines is 1. The highest BCUT2D eigenvalue weighted by atomic mass is 32.2. The second-order valence-electron chi connectivity index (χ2n) is 7.34. The van der Waals surface area contributed by atoms with Crippen molar-refractivity contribution in [3.05, 3.63) is 58.7 Å². The number of sulfonamides is 1. The number of aryl methyl sites for hydroxylation is 1. The van der Waals surface area contributed by atoms with Gasteiger partial charge in [-0.05, 0) is 49.6 Å². The largest absolute Gasteiger partial charge is 0.416 e. The molecule has 174 valence electrons. The Balaban J connectivity index is 2.08. The van der Waals surface area contributed by atoms with Gasteiger partial charge in [-0.15, -0.1) is 0 Å². The van der Waals surface area contributed by atoms with Crippen molar-refractivity contribution in [1.29, 1.82) is 0 Å². The maximum atomic E-state index is 13.1. The van der Waals surface area contributed by atoms with Crippen LogP contribution in [0.25, 0.3) is 0 Å². The molecule has 1 aliphatic heterocycles. The molecule has 0 radical (unpaired) electrons. The molecule has 0 atom stereocenters. The molecule has 0 saturated carbocycles. The van der Waals surface area contributed by atoms with E-state index in [9.17, 15) is 39.6 Å². The van der Waals surface area contributed by atoms with Crippen LogP contribution in [0.4, 0.5) is 32.0 Å². The predicted octanol–water partition coefficient (Wildman–Crippen LogP) is 5.07. The molecule has 0 aliphatic carbocycles. The molecule has 5 nitrogen and oxygen atoms in total. The number of carbonyl (C=O) groups excluding carboxylic acids is 1. The number of benzene rings is 2. The van der Waals surface area contributed by atoms with Gasteiger partial charge in [0.25, 0.3) is 15.9 Å². The summed E-state index contributed by atoms with van der Waals surface area (Å²) in [5.41, 5.74) is -3.48. The van der Waals surface area contributed by atoms with Crippen LogP contribution in [0.1, 0.15) is 39.9 Å². The van der Waals surface area contributed by atoms with E-state index in [0.717, 1.165) is 12.8 Å². The second kappa shape index (κ2) is 8.30. The smallest absolute Gasteiger partial charge is 0.339 e. The van der Waals surface area contributed by atoms with Gasteiger partial charge >= 0.3 is 12.4 Å². The molecular weight excluding hydrogens is 462 g/mol. The fourth-order valence-corrected chi connectivity index (χ4v) is 4.57. The molecule has 32 heavy (non-hydrogen) atoms. The van der Waals surface area contributed by atoms with Gasteiger partial charge in [0.05, 0.1) is 27.3 Å². The summed E-state index contributed by atoms with van der Waals surface area (Å²) in [6.45, 7) is 2.38. The zero-order chi connectivity index (χ0) is 23.9. The van der Waals surface area contributed by atoms with E-state index in [1.54, 1.807) is 0 Å². The van der Waals surface area contributed by atoms with E-state index in [1.165, 1.54) is 30.0 Å². The van der Waals surface area contributed by atoms with E-state index < -0.39 is 44.3 Å². The third kappa shape index (κ3) is 5.00. The number of hydrogen-bond acceptors (Lipinski definition) is 3. The van der Waals surface area contributed by atoms with Crippen molar-refractivity contribution in [2.75, 3.05) is 17.8 Å². The third-order valence-corrected chi connectivity index (χ3v) is 6.33. The van der Waals surface area contributed by atoms with E-state index >= 15 is 0 Å². The van der Waals surface area contributed by atoms with Crippen molar-refractivity contribution in [3.63, 3.8) is 0 Å². The van der Waals surface area contributed by atoms with Crippen LogP contribution in [0, 0.1) is 6.92 Å². The van der Waals surface area contributed by atoms with Crippen molar-refractivity contribution in [3.8, 4) is 0 Å². The lowest BCUT2D eigenvalue weighted by molar-refractivity contribution is -0.143. The zero-order valence-corrected chi connectivity index (χ0v) is 17.5. The van der Waals surface area contributed by atoms with Gasteiger partial charge in [-0.3, -0.25) is 9.52 Å². The lowest BCUT2D eigenvalue weighted by atomic mass is 10.1. The van der Waals surface area contributed by atoms with Gasteiger partial charge < -0.3 is 4.90 Å². The molecule has 2 aromatic rings. The summed E-state index contributed by atoms with van der Waals surface area (Å²) in [5, 5.41) is 0. The Morgan fingerprint density at radius 2 is 1.47 bits per heavy atom. The second-order valence-corrected chi connectivity index (χ2v) is 9.03. The predicted molar refractivity (Wildman–Crippen MR) is 104 cm³/mol. The fourth-order valence-electron chi connectivity index (χ4n) is 3.35. The number of hydrogen-bond donors (Lipinski definition) is 1. The summed E-state index contributed by atoms with van der Waals surface area (Å²) in [6.07, 6.45) is -8.87. The van der Waals surface area contributed by atoms with Crippen LogP contribution in [0.3, 0.4) is 0 Å². The van der Waals surface area contributed by atoms with E-state index in [0.29, 0.717) is 13.1 Å². The first-order chi connectivity index (χ1) is 14.7. The van der Waals surface area contributed by atoms with Crippen LogP contribution >= 0.6 is 0 Å². The van der Waals surface area contributed by atoms with Crippen LogP contribution in [-0.2, 0) is 22.4 Å². The number of nitrogens with zero attached hydrogens (tertiary/aromatic N) is 1. The van der Waals surface area contributed by atoms with Gasteiger partial charge in [-0.2, -0.15) is 26.3 Å². The van der Waals surface area contributed by atoms with Gasteiger partial charge in [0.15, 0.2) is 0 Å². The van der Waals surface area contributed by atoms with E-state index in [4.69, 9.17) is 0 Å². The Morgan fingerprint density at radius 1 is 0.938 bits per heavy atom. The zero-order valence-electron chi connectivity index (χ0n) is 16.6. The lowest BCUT2D eigenvalue weighted by Crippen LogP contribution is -2.29. The molecule has 3 rings (SSSR count). The van der Waals surface area contributed by atoms with Crippen LogP contribution in [0.15, 0.2) is 41.3 Å². The van der Waals surface area contributed by atoms with Crippen LogP contribution < -0.4 is 4.72 Å². The molecule has 1 aliphatic rings. The average molecular weight is 480 g/mol. The minimum absolute atomic E-state index is 0.0431. The molecule has 2 aromatic carbocycles. The molecular formula is C20H18F6N2O3S. The molecule has 1 N–H and O–H groups in total. The van der Waals surface area contributed by atoms with Gasteiger partial charge in [-0.1, -0.05) is 12.1 Å². The number of para-hydroxylation sites is 1. The van der Waals surface area contributed by atoms with Crippen LogP contribution in [0.2, 0.25) is 0 Å². The van der Waals surface area contributed by atoms with Crippen molar-refractivity contribution < 1.29 is 39.6 Å². The lowest BCUT2D eigenvalue weighted by Gasteiger charge is -2.20. The van der Waals surface area contributed by atoms with Gasteiger partial charge in [-0.25, -0.2) is 8.42 Å². The van der Waals surface area contributed by atoms with Gasteiger partial charge in [0, 0.05) is 13.1 Å². The third-order valence-electron chi connectivity index (χ3n) is 5.00. The van der Waals surface area contributed by atoms with Crippen molar-refractivity contribution in [1.82, 2.24) is 4.90 Å². The standard InChI is InChI=1S/C20H18F6N2O3S/c1-12-5-4-6-16(18(29)28-7-2-3-8-28)17(12)27-32(30,31)15-10-13(19(21,22)23)9-14(11-15)20(24,25)26/h4-6,9-11,27H,2-3,7-8H2,1H3. The number of halogens is 6. The summed E-state index contributed by atoms with van der Waals surface area (Å²) in [6, 6.07) is 4.40. The molecule has 0 bridgehead atoms. The Morgan fingerprint density at radius 3 is 1.97 bits per heavy atom. The molecule has 1 saturated heterocycles. The maximum Gasteiger partial charge on any atom is 0.416 e. The summed E-state index contributed by atoms with van der Waals surface area (Å²) >= 11 is 0. The molecule has 1 amide bonds. The first-order valence-corrected chi connectivity index (χ1v) is 10.9. The summed E-state index contributed by atoms with van der Waals surface area (Å²) < 4.78 is 106. The molecule has 12 heteroatoms. The molecule has 0 aromatic heterocycles. The average Bonchev–Trinajstić information content (AvgIpc) is 3.22. The quantitative estimate of drug-likeness (QED) is 0.622. The van der Waals surface area contributed by atoms with Gasteiger partial charge in [0.2, 0.25) is 0 Å². The Labute approximate surface area is 180 Å². The number of likely N-dealkylation sites (tertiary alicyclic amines) is 1. The molecule has 0 unspecified atom stereocenters. The van der Waals surface area contributed by atoms with Crippen LogP contribution in [-0.4, -0.2) is 32.3 Å². The van der Waals surface area contributed by atoms with Crippen molar-refractivity contribution in [2.45, 2.75) is 37.0 Å². The Hall–Kier alpha value is -2.76. The Kier molecular flexibility index (Phi) is 6.20. The highest BCUT2D eigenvalue weighted by Crippen LogP contribution is 2.38. The van der Waals surface area contributed by atoms with E-state index in [-0.39, 0.29) is 35.0 Å². The molecule has 1 heterocycles. The first-order valence-electron chi connectivity index (χ1n) is 9.41. The van der Waals surface area contributed by atoms with Crippen molar-refractivity contribution in [2.24, 2.45) is 0 Å². The highest BCUT2D eigenvalue weighted by molar-refractivity contribution is 7.92. The number of amides is 1. The SMILES string of the molecule is Cc1cccc(C(=O)N2CCCC2)c1NS(=O)(=O)c1cc(C(F)(F)F)cc(C(F)(F)F)c1. The summed E-state index contributed by atoms with van der Waals surface area (Å²) in [4.78, 5) is 13.1. The van der Waals surface area contributed by atoms with E-state index in [2.05, 4.69) is 0 Å². The summed E-state index contributed by atoms with van der Waals surface area (Å²) in [5.74, 6) is -0.482. The minimum Gasteiger partial charge on any atom is -0.339 e. The fraction of sp³-hybridized carbons (Fsp3) is 0.350. The minimum atomic E-state index is -5.20. The van der Waals surface area contributed by atoms with Gasteiger partial charge in [0.1, 0.15) is 0 Å².